The maximum Gasteiger partial charge on any atom is 0.410 e. The van der Waals surface area contributed by atoms with Gasteiger partial charge in [0.25, 0.3) is 5.91 Å². The zero-order valence-electron chi connectivity index (χ0n) is 18.5. The molecule has 180 valence electrons. The molecule has 2 aromatic rings. The molecule has 12 heteroatoms. The minimum atomic E-state index is -3.78. The molecule has 0 unspecified atom stereocenters. The van der Waals surface area contributed by atoms with Crippen molar-refractivity contribution < 1.29 is 33.1 Å². The van der Waals surface area contributed by atoms with E-state index in [4.69, 9.17) is 15.1 Å². The van der Waals surface area contributed by atoms with E-state index in [9.17, 15) is 18.0 Å². The molecular formula is C22H23N3O7S2. The van der Waals surface area contributed by atoms with E-state index in [0.717, 1.165) is 11.0 Å². The number of sulfone groups is 1. The van der Waals surface area contributed by atoms with Gasteiger partial charge in [0.1, 0.15) is 4.75 Å². The number of thiazole rings is 1. The van der Waals surface area contributed by atoms with Crippen molar-refractivity contribution in [2.45, 2.75) is 30.6 Å². The van der Waals surface area contributed by atoms with Crippen LogP contribution in [-0.4, -0.2) is 77.4 Å². The molecule has 2 amide bonds. The van der Waals surface area contributed by atoms with Crippen molar-refractivity contribution in [1.29, 1.82) is 0 Å². The summed E-state index contributed by atoms with van der Waals surface area (Å²) in [7, 11) is -3.78. The fourth-order valence-electron chi connectivity index (χ4n) is 3.07. The Kier molecular flexibility index (Phi) is 7.79. The summed E-state index contributed by atoms with van der Waals surface area (Å²) in [5.41, 5.74) is 2.85. The first-order valence-corrected chi connectivity index (χ1v) is 12.9. The molecule has 1 saturated heterocycles. The van der Waals surface area contributed by atoms with Gasteiger partial charge in [-0.1, -0.05) is 5.92 Å². The average Bonchev–Trinajstić information content (AvgIpc) is 3.18. The predicted molar refractivity (Wildman–Crippen MR) is 125 cm³/mol. The maximum absolute atomic E-state index is 12.1. The number of nitrogens with zero attached hydrogens (tertiary/aromatic N) is 2. The summed E-state index contributed by atoms with van der Waals surface area (Å²) >= 11 is 1.36. The number of hydrogen-bond acceptors (Lipinski definition) is 9. The highest BCUT2D eigenvalue weighted by atomic mass is 32.2. The first-order valence-electron chi connectivity index (χ1n) is 10.2. The molecule has 0 spiro atoms. The molecule has 1 aliphatic rings. The second-order valence-corrected chi connectivity index (χ2v) is 11.5. The van der Waals surface area contributed by atoms with Gasteiger partial charge in [-0.25, -0.2) is 23.7 Å². The number of benzene rings is 1. The molecule has 0 saturated carbocycles. The van der Waals surface area contributed by atoms with Crippen LogP contribution in [0.2, 0.25) is 0 Å². The largest absolute Gasteiger partial charge is 0.436 e. The summed E-state index contributed by atoms with van der Waals surface area (Å²) < 4.78 is 28.2. The fraction of sp³-hybridized carbons (Fsp3) is 0.409. The van der Waals surface area contributed by atoms with Gasteiger partial charge in [0.15, 0.2) is 16.4 Å². The van der Waals surface area contributed by atoms with Crippen LogP contribution >= 0.6 is 11.3 Å². The van der Waals surface area contributed by atoms with Gasteiger partial charge in [0.2, 0.25) is 0 Å². The molecule has 1 aliphatic heterocycles. The topological polar surface area (TPSA) is 146 Å². The normalized spacial score (nSPS) is 15.2. The van der Waals surface area contributed by atoms with E-state index >= 15 is 0 Å². The standard InChI is InChI=1S/C22H23N3O7S2/c1-22(20(27)24-29,34(2,30)31)10-9-19-23-17-8-7-15(12-18(17)33-19)6-4-3-5-11-32-21(28)25-13-16(26)14-25/h7-8,12,16,26,29H,9-11,13-14H2,1-2H3,(H,24,27)/t22-/m1/s1. The summed E-state index contributed by atoms with van der Waals surface area (Å²) in [6.45, 7) is 1.70. The number of nitrogens with one attached hydrogen (secondary N) is 1. The zero-order chi connectivity index (χ0) is 24.9. The third kappa shape index (κ3) is 5.85. The van der Waals surface area contributed by atoms with Gasteiger partial charge in [-0.15, -0.1) is 11.3 Å². The molecule has 34 heavy (non-hydrogen) atoms. The Morgan fingerprint density at radius 3 is 2.74 bits per heavy atom. The average molecular weight is 506 g/mol. The lowest BCUT2D eigenvalue weighted by atomic mass is 10.0. The van der Waals surface area contributed by atoms with Gasteiger partial charge in [-0.05, 0) is 49.3 Å². The lowest BCUT2D eigenvalue weighted by molar-refractivity contribution is -0.131. The number of aliphatic hydroxyl groups is 1. The highest BCUT2D eigenvalue weighted by Crippen LogP contribution is 2.28. The van der Waals surface area contributed by atoms with Crippen molar-refractivity contribution in [3.8, 4) is 23.7 Å². The second-order valence-electron chi connectivity index (χ2n) is 7.90. The molecule has 3 N–H and O–H groups in total. The lowest BCUT2D eigenvalue weighted by Gasteiger charge is -2.34. The minimum absolute atomic E-state index is 0.0385. The molecule has 2 heterocycles. The number of aliphatic hydroxyl groups excluding tert-OH is 1. The van der Waals surface area contributed by atoms with E-state index in [1.165, 1.54) is 28.6 Å². The number of carbonyl (C=O) groups excluding carboxylic acids is 2. The van der Waals surface area contributed by atoms with Crippen molar-refractivity contribution in [3.05, 3.63) is 28.8 Å². The Morgan fingerprint density at radius 2 is 2.09 bits per heavy atom. The Hall–Kier alpha value is -3.16. The van der Waals surface area contributed by atoms with Crippen LogP contribution in [0.5, 0.6) is 0 Å². The number of aromatic nitrogens is 1. The number of amides is 2. The van der Waals surface area contributed by atoms with E-state index in [1.54, 1.807) is 12.1 Å². The summed E-state index contributed by atoms with van der Waals surface area (Å²) in [5, 5.41) is 18.7. The molecular weight excluding hydrogens is 482 g/mol. The molecule has 0 bridgehead atoms. The number of hydroxylamine groups is 1. The number of hydrogen-bond donors (Lipinski definition) is 3. The number of likely N-dealkylation sites (tertiary alicyclic amines) is 1. The summed E-state index contributed by atoms with van der Waals surface area (Å²) in [5.74, 6) is 9.84. The quantitative estimate of drug-likeness (QED) is 0.296. The number of β-amino-alcohol motifs (C(OH)–C–C–N with tert-alkyl or cyclic N) is 1. The van der Waals surface area contributed by atoms with E-state index in [0.29, 0.717) is 16.1 Å². The highest BCUT2D eigenvalue weighted by Gasteiger charge is 2.43. The molecule has 1 atom stereocenters. The molecule has 10 nitrogen and oxygen atoms in total. The first-order chi connectivity index (χ1) is 16.0. The minimum Gasteiger partial charge on any atom is -0.436 e. The number of fused-ring (bicyclic) bond motifs is 1. The van der Waals surface area contributed by atoms with Crippen molar-refractivity contribution in [3.63, 3.8) is 0 Å². The van der Waals surface area contributed by atoms with Crippen LogP contribution in [0, 0.1) is 23.7 Å². The predicted octanol–water partition coefficient (Wildman–Crippen LogP) is 0.706. The molecule has 3 rings (SSSR count). The highest BCUT2D eigenvalue weighted by molar-refractivity contribution is 7.92. The van der Waals surface area contributed by atoms with Crippen molar-refractivity contribution >= 4 is 43.4 Å². The number of rotatable bonds is 6. The number of aryl methyl sites for hydroxylation is 1. The summed E-state index contributed by atoms with van der Waals surface area (Å²) in [4.78, 5) is 29.4. The Balaban J connectivity index is 1.60. The SMILES string of the molecule is C[C@@](CCc1nc2ccc(C#CC#CCOC(=O)N3CC(O)C3)cc2s1)(C(=O)NO)S(C)(=O)=O. The van der Waals surface area contributed by atoms with Gasteiger partial charge in [-0.2, -0.15) is 0 Å². The van der Waals surface area contributed by atoms with Gasteiger partial charge >= 0.3 is 6.09 Å². The van der Waals surface area contributed by atoms with E-state index in [2.05, 4.69) is 28.7 Å². The van der Waals surface area contributed by atoms with Crippen molar-refractivity contribution in [1.82, 2.24) is 15.4 Å². The van der Waals surface area contributed by atoms with Gasteiger partial charge in [0.05, 0.1) is 34.4 Å². The van der Waals surface area contributed by atoms with E-state index in [1.807, 2.05) is 6.07 Å². The first kappa shape index (κ1) is 25.5. The number of carbonyl (C=O) groups is 2. The van der Waals surface area contributed by atoms with Crippen LogP contribution in [0.25, 0.3) is 10.2 Å². The zero-order valence-corrected chi connectivity index (χ0v) is 20.1. The molecule has 0 aliphatic carbocycles. The molecule has 0 radical (unpaired) electrons. The Morgan fingerprint density at radius 1 is 1.35 bits per heavy atom. The van der Waals surface area contributed by atoms with Crippen molar-refractivity contribution in [2.75, 3.05) is 26.0 Å². The smallest absolute Gasteiger partial charge is 0.410 e. The van der Waals surface area contributed by atoms with Crippen LogP contribution in [-0.2, 0) is 25.8 Å². The van der Waals surface area contributed by atoms with Gasteiger partial charge in [0, 0.05) is 18.2 Å². The third-order valence-corrected chi connectivity index (χ3v) is 8.50. The Bertz CT molecular complexity index is 1320. The summed E-state index contributed by atoms with van der Waals surface area (Å²) in [6.07, 6.45) is 0.140. The van der Waals surface area contributed by atoms with Crippen LogP contribution in [0.3, 0.4) is 0 Å². The van der Waals surface area contributed by atoms with E-state index in [-0.39, 0.29) is 32.5 Å². The maximum atomic E-state index is 12.1. The fourth-order valence-corrected chi connectivity index (χ4v) is 4.93. The van der Waals surface area contributed by atoms with Gasteiger partial charge < -0.3 is 14.7 Å². The van der Waals surface area contributed by atoms with E-state index < -0.39 is 32.7 Å². The summed E-state index contributed by atoms with van der Waals surface area (Å²) in [6, 6.07) is 5.39. The Labute approximate surface area is 200 Å². The molecule has 1 fully saturated rings. The van der Waals surface area contributed by atoms with Crippen LogP contribution < -0.4 is 5.48 Å². The third-order valence-electron chi connectivity index (χ3n) is 5.39. The molecule has 1 aromatic heterocycles. The van der Waals surface area contributed by atoms with Crippen LogP contribution in [0.4, 0.5) is 4.79 Å². The molecule has 1 aromatic carbocycles. The lowest BCUT2D eigenvalue weighted by Crippen LogP contribution is -2.53. The van der Waals surface area contributed by atoms with Crippen LogP contribution in [0.1, 0.15) is 23.9 Å². The van der Waals surface area contributed by atoms with Crippen molar-refractivity contribution in [2.24, 2.45) is 0 Å². The van der Waals surface area contributed by atoms with Crippen LogP contribution in [0.15, 0.2) is 18.2 Å². The monoisotopic (exact) mass is 505 g/mol. The van der Waals surface area contributed by atoms with Gasteiger partial charge in [-0.3, -0.25) is 10.0 Å². The second kappa shape index (κ2) is 10.4. The number of ether oxygens (including phenoxy) is 1.